The highest BCUT2D eigenvalue weighted by molar-refractivity contribution is 6.14. The lowest BCUT2D eigenvalue weighted by atomic mass is 10.0. The normalized spacial score (nSPS) is 8.89. The molecule has 0 spiro atoms. The number of hydrogen-bond acceptors (Lipinski definition) is 3. The number of halogens is 2. The summed E-state index contributed by atoms with van der Waals surface area (Å²) in [6, 6.07) is 13.9. The molecule has 18 heavy (non-hydrogen) atoms. The molecule has 0 radical (unpaired) electrons. The van der Waals surface area contributed by atoms with Crippen molar-refractivity contribution in [2.24, 2.45) is 0 Å². The van der Waals surface area contributed by atoms with Gasteiger partial charge < -0.3 is 11.5 Å². The van der Waals surface area contributed by atoms with Crippen LogP contribution in [0.3, 0.4) is 0 Å². The first kappa shape index (κ1) is 16.3. The van der Waals surface area contributed by atoms with Gasteiger partial charge in [0, 0.05) is 22.5 Å². The molecule has 0 bridgehead atoms. The molecule has 2 rings (SSSR count). The number of para-hydroxylation sites is 2. The van der Waals surface area contributed by atoms with Crippen molar-refractivity contribution in [3.63, 3.8) is 0 Å². The van der Waals surface area contributed by atoms with Crippen LogP contribution in [0.15, 0.2) is 48.5 Å². The molecule has 0 heterocycles. The third-order valence-corrected chi connectivity index (χ3v) is 2.41. The van der Waals surface area contributed by atoms with Crippen LogP contribution >= 0.6 is 24.8 Å². The fourth-order valence-corrected chi connectivity index (χ4v) is 1.55. The highest BCUT2D eigenvalue weighted by atomic mass is 35.5. The van der Waals surface area contributed by atoms with E-state index in [1.165, 1.54) is 0 Å². The van der Waals surface area contributed by atoms with E-state index in [2.05, 4.69) is 0 Å². The fourth-order valence-electron chi connectivity index (χ4n) is 1.55. The van der Waals surface area contributed by atoms with Crippen LogP contribution in [0.5, 0.6) is 0 Å². The Balaban J connectivity index is 0.00000144. The van der Waals surface area contributed by atoms with Crippen molar-refractivity contribution in [3.8, 4) is 0 Å². The van der Waals surface area contributed by atoms with E-state index in [1.54, 1.807) is 48.5 Å². The molecule has 0 unspecified atom stereocenters. The van der Waals surface area contributed by atoms with Crippen LogP contribution < -0.4 is 11.5 Å². The van der Waals surface area contributed by atoms with Crippen molar-refractivity contribution in [2.45, 2.75) is 0 Å². The van der Waals surface area contributed by atoms with Gasteiger partial charge >= 0.3 is 0 Å². The van der Waals surface area contributed by atoms with Gasteiger partial charge in [-0.25, -0.2) is 0 Å². The lowest BCUT2D eigenvalue weighted by molar-refractivity contribution is 0.104. The smallest absolute Gasteiger partial charge is 0.197 e. The first-order valence-corrected chi connectivity index (χ1v) is 4.94. The number of benzene rings is 2. The first-order valence-electron chi connectivity index (χ1n) is 4.94. The molecule has 0 aliphatic rings. The summed E-state index contributed by atoms with van der Waals surface area (Å²) in [7, 11) is 0. The molecule has 0 atom stereocenters. The topological polar surface area (TPSA) is 69.1 Å². The van der Waals surface area contributed by atoms with Gasteiger partial charge in [0.15, 0.2) is 5.78 Å². The van der Waals surface area contributed by atoms with Gasteiger partial charge in [-0.2, -0.15) is 0 Å². The maximum Gasteiger partial charge on any atom is 0.197 e. The largest absolute Gasteiger partial charge is 0.398 e. The summed E-state index contributed by atoms with van der Waals surface area (Å²) in [5, 5.41) is 0. The zero-order valence-electron chi connectivity index (χ0n) is 9.50. The molecule has 0 saturated carbocycles. The van der Waals surface area contributed by atoms with Gasteiger partial charge in [0.1, 0.15) is 0 Å². The second kappa shape index (κ2) is 6.89. The van der Waals surface area contributed by atoms with Crippen LogP contribution in [0.4, 0.5) is 11.4 Å². The predicted octanol–water partition coefficient (Wildman–Crippen LogP) is 2.93. The maximum absolute atomic E-state index is 12.1. The van der Waals surface area contributed by atoms with Crippen LogP contribution in [-0.2, 0) is 0 Å². The quantitative estimate of drug-likeness (QED) is 0.658. The minimum atomic E-state index is -0.142. The molecule has 3 nitrogen and oxygen atoms in total. The van der Waals surface area contributed by atoms with E-state index >= 15 is 0 Å². The molecule has 2 aromatic rings. The Kier molecular flexibility index (Phi) is 6.23. The SMILES string of the molecule is Cl.Cl.Nc1ccccc1C(=O)c1ccccc1N. The van der Waals surface area contributed by atoms with E-state index in [9.17, 15) is 4.79 Å². The Labute approximate surface area is 118 Å². The Morgan fingerprint density at radius 1 is 0.722 bits per heavy atom. The summed E-state index contributed by atoms with van der Waals surface area (Å²) in [5.41, 5.74) is 13.4. The summed E-state index contributed by atoms with van der Waals surface area (Å²) in [5.74, 6) is -0.142. The van der Waals surface area contributed by atoms with Crippen LogP contribution in [-0.4, -0.2) is 5.78 Å². The van der Waals surface area contributed by atoms with Gasteiger partial charge in [0.05, 0.1) is 0 Å². The molecule has 0 saturated heterocycles. The van der Waals surface area contributed by atoms with E-state index < -0.39 is 0 Å². The average molecular weight is 285 g/mol. The molecule has 2 aromatic carbocycles. The van der Waals surface area contributed by atoms with E-state index in [0.29, 0.717) is 22.5 Å². The summed E-state index contributed by atoms with van der Waals surface area (Å²) < 4.78 is 0. The van der Waals surface area contributed by atoms with E-state index in [-0.39, 0.29) is 30.6 Å². The zero-order chi connectivity index (χ0) is 11.5. The Bertz CT molecular complexity index is 497. The number of rotatable bonds is 2. The summed E-state index contributed by atoms with van der Waals surface area (Å²) >= 11 is 0. The van der Waals surface area contributed by atoms with Crippen molar-refractivity contribution in [1.82, 2.24) is 0 Å². The minimum absolute atomic E-state index is 0. The van der Waals surface area contributed by atoms with E-state index in [1.807, 2.05) is 0 Å². The van der Waals surface area contributed by atoms with Crippen molar-refractivity contribution >= 4 is 42.0 Å². The van der Waals surface area contributed by atoms with Gasteiger partial charge in [-0.1, -0.05) is 24.3 Å². The number of nitrogens with two attached hydrogens (primary N) is 2. The molecule has 0 amide bonds. The van der Waals surface area contributed by atoms with Gasteiger partial charge in [-0.3, -0.25) is 4.79 Å². The van der Waals surface area contributed by atoms with E-state index in [0.717, 1.165) is 0 Å². The number of ketones is 1. The standard InChI is InChI=1S/C13H12N2O.2ClH/c14-11-7-3-1-5-9(11)13(16)10-6-2-4-8-12(10)15;;/h1-8H,14-15H2;2*1H. The minimum Gasteiger partial charge on any atom is -0.398 e. The highest BCUT2D eigenvalue weighted by Crippen LogP contribution is 2.19. The lowest BCUT2D eigenvalue weighted by Gasteiger charge is -2.06. The lowest BCUT2D eigenvalue weighted by Crippen LogP contribution is -2.07. The zero-order valence-corrected chi connectivity index (χ0v) is 11.1. The number of carbonyl (C=O) groups excluding carboxylic acids is 1. The molecular formula is C13H14Cl2N2O. The molecule has 0 aliphatic carbocycles. The number of anilines is 2. The third-order valence-electron chi connectivity index (χ3n) is 2.41. The fraction of sp³-hybridized carbons (Fsp3) is 0. The Morgan fingerprint density at radius 3 is 1.39 bits per heavy atom. The second-order valence-corrected chi connectivity index (χ2v) is 3.50. The Hall–Kier alpha value is -1.71. The first-order chi connectivity index (χ1) is 7.70. The number of carbonyl (C=O) groups is 1. The Morgan fingerprint density at radius 2 is 1.06 bits per heavy atom. The summed E-state index contributed by atoms with van der Waals surface area (Å²) in [6.45, 7) is 0. The van der Waals surface area contributed by atoms with Gasteiger partial charge in [0.25, 0.3) is 0 Å². The van der Waals surface area contributed by atoms with Gasteiger partial charge in [-0.15, -0.1) is 24.8 Å². The molecule has 0 aromatic heterocycles. The molecule has 0 aliphatic heterocycles. The monoisotopic (exact) mass is 284 g/mol. The van der Waals surface area contributed by atoms with Crippen molar-refractivity contribution in [2.75, 3.05) is 11.5 Å². The number of hydrogen-bond donors (Lipinski definition) is 2. The average Bonchev–Trinajstić information content (AvgIpc) is 2.29. The summed E-state index contributed by atoms with van der Waals surface area (Å²) in [4.78, 5) is 12.1. The van der Waals surface area contributed by atoms with Crippen LogP contribution in [0.1, 0.15) is 15.9 Å². The number of nitrogen functional groups attached to an aromatic ring is 2. The van der Waals surface area contributed by atoms with Crippen LogP contribution in [0.25, 0.3) is 0 Å². The van der Waals surface area contributed by atoms with Crippen molar-refractivity contribution < 1.29 is 4.79 Å². The molecule has 96 valence electrons. The molecule has 5 heteroatoms. The van der Waals surface area contributed by atoms with Gasteiger partial charge in [-0.05, 0) is 24.3 Å². The summed E-state index contributed by atoms with van der Waals surface area (Å²) in [6.07, 6.45) is 0. The van der Waals surface area contributed by atoms with Crippen molar-refractivity contribution in [3.05, 3.63) is 59.7 Å². The van der Waals surface area contributed by atoms with Crippen molar-refractivity contribution in [1.29, 1.82) is 0 Å². The molecule has 4 N–H and O–H groups in total. The third kappa shape index (κ3) is 3.15. The van der Waals surface area contributed by atoms with Crippen LogP contribution in [0.2, 0.25) is 0 Å². The second-order valence-electron chi connectivity index (χ2n) is 3.50. The maximum atomic E-state index is 12.1. The van der Waals surface area contributed by atoms with Gasteiger partial charge in [0.2, 0.25) is 0 Å². The highest BCUT2D eigenvalue weighted by Gasteiger charge is 2.13. The van der Waals surface area contributed by atoms with E-state index in [4.69, 9.17) is 11.5 Å². The molecular weight excluding hydrogens is 271 g/mol. The predicted molar refractivity (Wildman–Crippen MR) is 79.6 cm³/mol. The van der Waals surface area contributed by atoms with Crippen LogP contribution in [0, 0.1) is 0 Å². The molecule has 0 fully saturated rings.